The Morgan fingerprint density at radius 1 is 1.07 bits per heavy atom. The molecule has 11 heteroatoms. The maximum Gasteiger partial charge on any atom is 0.264 e. The molecule has 3 aliphatic heterocycles. The van der Waals surface area contributed by atoms with Crippen molar-refractivity contribution in [3.63, 3.8) is 0 Å². The van der Waals surface area contributed by atoms with Crippen molar-refractivity contribution >= 4 is 49.0 Å². The van der Waals surface area contributed by atoms with E-state index in [0.717, 1.165) is 16.8 Å². The molecule has 1 spiro atoms. The number of nitrogens with zero attached hydrogens (tertiary/aromatic N) is 3. The molecular weight excluding hydrogens is 622 g/mol. The van der Waals surface area contributed by atoms with Crippen molar-refractivity contribution in [2.75, 3.05) is 29.5 Å². The summed E-state index contributed by atoms with van der Waals surface area (Å²) in [5.74, 6) is -0.828. The summed E-state index contributed by atoms with van der Waals surface area (Å²) in [5, 5.41) is 10.2. The molecule has 2 N–H and O–H groups in total. The van der Waals surface area contributed by atoms with E-state index in [1.54, 1.807) is 26.8 Å². The molecule has 0 radical (unpaired) electrons. The highest BCUT2D eigenvalue weighted by Crippen LogP contribution is 2.60. The highest BCUT2D eigenvalue weighted by atomic mass is 35.5. The summed E-state index contributed by atoms with van der Waals surface area (Å²) < 4.78 is 6.83. The van der Waals surface area contributed by atoms with E-state index in [1.165, 1.54) is 0 Å². The average Bonchev–Trinajstić information content (AvgIpc) is 3.43. The highest BCUT2D eigenvalue weighted by Gasteiger charge is 2.66. The second-order valence-corrected chi connectivity index (χ2v) is 17.5. The molecular formula is C35H40ClN3O6Si. The predicted molar refractivity (Wildman–Crippen MR) is 179 cm³/mol. The average molecular weight is 662 g/mol. The quantitative estimate of drug-likeness (QED) is 0.238. The topological polar surface area (TPSA) is 111 Å². The lowest BCUT2D eigenvalue weighted by Gasteiger charge is -2.33. The van der Waals surface area contributed by atoms with Crippen LogP contribution in [0.3, 0.4) is 0 Å². The molecule has 3 aromatic rings. The van der Waals surface area contributed by atoms with Crippen molar-refractivity contribution in [1.82, 2.24) is 4.90 Å². The van der Waals surface area contributed by atoms with Crippen LogP contribution in [-0.4, -0.2) is 66.6 Å². The number of β-lactam (4-membered cyclic amide) rings is 1. The van der Waals surface area contributed by atoms with Gasteiger partial charge in [-0.3, -0.25) is 14.4 Å². The predicted octanol–water partition coefficient (Wildman–Crippen LogP) is 4.83. The highest BCUT2D eigenvalue weighted by molar-refractivity contribution is 6.71. The molecule has 3 amide bonds. The van der Waals surface area contributed by atoms with E-state index < -0.39 is 31.5 Å². The maximum atomic E-state index is 14.7. The summed E-state index contributed by atoms with van der Waals surface area (Å²) in [7, 11) is -3.00. The SMILES string of the molecule is C[C@H]1[C@H]([Si](C)(C)O)[C@@H](CC(=O)N(CCO)Cc2ccccc2)O[C@]12C(=O)N(Cc1ccc(N3CCC3=O)cc1)c1ccc(Cl)cc12. The summed E-state index contributed by atoms with van der Waals surface area (Å²) in [4.78, 5) is 57.1. The smallest absolute Gasteiger partial charge is 0.264 e. The zero-order valence-electron chi connectivity index (χ0n) is 26.4. The number of rotatable bonds is 10. The minimum atomic E-state index is -3.00. The van der Waals surface area contributed by atoms with Crippen LogP contribution in [0.2, 0.25) is 23.7 Å². The van der Waals surface area contributed by atoms with Crippen LogP contribution < -0.4 is 9.80 Å². The van der Waals surface area contributed by atoms with Gasteiger partial charge in [0.15, 0.2) is 13.9 Å². The summed E-state index contributed by atoms with van der Waals surface area (Å²) in [5.41, 5.74) is 2.09. The van der Waals surface area contributed by atoms with Crippen LogP contribution in [0, 0.1) is 5.92 Å². The van der Waals surface area contributed by atoms with Crippen LogP contribution >= 0.6 is 11.6 Å². The molecule has 2 fully saturated rings. The molecule has 242 valence electrons. The number of hydrogen-bond acceptors (Lipinski definition) is 6. The van der Waals surface area contributed by atoms with Crippen molar-refractivity contribution < 1.29 is 29.0 Å². The van der Waals surface area contributed by atoms with Crippen molar-refractivity contribution in [1.29, 1.82) is 0 Å². The summed E-state index contributed by atoms with van der Waals surface area (Å²) in [6.07, 6.45) is -0.215. The van der Waals surface area contributed by atoms with E-state index in [2.05, 4.69) is 0 Å². The molecule has 0 aromatic heterocycles. The number of anilines is 2. The molecule has 3 heterocycles. The molecule has 0 unspecified atom stereocenters. The first kappa shape index (κ1) is 32.4. The number of aliphatic hydroxyl groups is 1. The molecule has 0 saturated carbocycles. The Bertz CT molecular complexity index is 1630. The molecule has 3 aliphatic rings. The van der Waals surface area contributed by atoms with E-state index in [0.29, 0.717) is 35.8 Å². The lowest BCUT2D eigenvalue weighted by molar-refractivity contribution is -0.150. The van der Waals surface area contributed by atoms with Gasteiger partial charge in [0.1, 0.15) is 0 Å². The fourth-order valence-electron chi connectivity index (χ4n) is 7.48. The second kappa shape index (κ2) is 12.6. The van der Waals surface area contributed by atoms with Crippen LogP contribution in [-0.2, 0) is 37.8 Å². The maximum absolute atomic E-state index is 14.7. The molecule has 0 aliphatic carbocycles. The first-order valence-electron chi connectivity index (χ1n) is 15.8. The van der Waals surface area contributed by atoms with Crippen LogP contribution in [0.4, 0.5) is 11.4 Å². The van der Waals surface area contributed by atoms with Gasteiger partial charge in [0.2, 0.25) is 11.8 Å². The summed E-state index contributed by atoms with van der Waals surface area (Å²) in [6.45, 7) is 6.84. The Morgan fingerprint density at radius 3 is 2.39 bits per heavy atom. The number of aliphatic hydroxyl groups excluding tert-OH is 1. The Labute approximate surface area is 275 Å². The molecule has 4 atom stereocenters. The van der Waals surface area contributed by atoms with E-state index in [-0.39, 0.29) is 43.8 Å². The van der Waals surface area contributed by atoms with Gasteiger partial charge in [0.05, 0.1) is 31.4 Å². The zero-order chi connectivity index (χ0) is 32.8. The lowest BCUT2D eigenvalue weighted by Crippen LogP contribution is -2.46. The van der Waals surface area contributed by atoms with Crippen molar-refractivity contribution in [3.05, 3.63) is 94.5 Å². The number of ether oxygens (including phenoxy) is 1. The minimum Gasteiger partial charge on any atom is -0.432 e. The van der Waals surface area contributed by atoms with Gasteiger partial charge in [-0.05, 0) is 54.6 Å². The van der Waals surface area contributed by atoms with Crippen molar-refractivity contribution in [2.45, 2.75) is 63.2 Å². The van der Waals surface area contributed by atoms with Crippen LogP contribution in [0.25, 0.3) is 0 Å². The van der Waals surface area contributed by atoms with Crippen molar-refractivity contribution in [3.8, 4) is 0 Å². The fourth-order valence-corrected chi connectivity index (χ4v) is 10.2. The normalized spacial score (nSPS) is 24.0. The van der Waals surface area contributed by atoms with Gasteiger partial charge >= 0.3 is 0 Å². The molecule has 0 bridgehead atoms. The number of benzene rings is 3. The molecule has 2 saturated heterocycles. The second-order valence-electron chi connectivity index (χ2n) is 13.1. The number of carbonyl (C=O) groups excluding carboxylic acids is 3. The largest absolute Gasteiger partial charge is 0.432 e. The Balaban J connectivity index is 1.31. The van der Waals surface area contributed by atoms with Gasteiger partial charge in [-0.25, -0.2) is 0 Å². The zero-order valence-corrected chi connectivity index (χ0v) is 28.1. The van der Waals surface area contributed by atoms with Crippen LogP contribution in [0.1, 0.15) is 36.5 Å². The van der Waals surface area contributed by atoms with E-state index in [1.807, 2.05) is 80.7 Å². The number of carbonyl (C=O) groups is 3. The van der Waals surface area contributed by atoms with Crippen LogP contribution in [0.5, 0.6) is 0 Å². The summed E-state index contributed by atoms with van der Waals surface area (Å²) in [6, 6.07) is 22.5. The Hall–Kier alpha value is -3.54. The lowest BCUT2D eigenvalue weighted by atomic mass is 9.82. The van der Waals surface area contributed by atoms with Gasteiger partial charge in [0.25, 0.3) is 5.91 Å². The van der Waals surface area contributed by atoms with Gasteiger partial charge in [0, 0.05) is 53.8 Å². The van der Waals surface area contributed by atoms with Gasteiger partial charge < -0.3 is 29.3 Å². The monoisotopic (exact) mass is 661 g/mol. The molecule has 46 heavy (non-hydrogen) atoms. The first-order chi connectivity index (χ1) is 21.9. The third kappa shape index (κ3) is 5.77. The van der Waals surface area contributed by atoms with E-state index in [9.17, 15) is 24.3 Å². The van der Waals surface area contributed by atoms with Gasteiger partial charge in [-0.2, -0.15) is 0 Å². The number of fused-ring (bicyclic) bond motifs is 2. The summed E-state index contributed by atoms with van der Waals surface area (Å²) >= 11 is 6.52. The Morgan fingerprint density at radius 2 is 1.78 bits per heavy atom. The van der Waals surface area contributed by atoms with Gasteiger partial charge in [-0.1, -0.05) is 61.0 Å². The number of halogens is 1. The number of hydrogen-bond donors (Lipinski definition) is 2. The van der Waals surface area contributed by atoms with E-state index >= 15 is 0 Å². The Kier molecular flexibility index (Phi) is 8.86. The first-order valence-corrected chi connectivity index (χ1v) is 19.2. The van der Waals surface area contributed by atoms with Crippen molar-refractivity contribution in [2.24, 2.45) is 5.92 Å². The number of amides is 3. The minimum absolute atomic E-state index is 0.0412. The van der Waals surface area contributed by atoms with Gasteiger partial charge in [-0.15, -0.1) is 0 Å². The molecule has 9 nitrogen and oxygen atoms in total. The standard InChI is InChI=1S/C35H40ClN3O6Si/c1-23-33(46(2,3)44)30(20-32(42)37(17-18-40)21-24-7-5-4-6-8-24)45-35(23)28-19-26(36)11-14-29(28)39(34(35)43)22-25-9-12-27(13-10-25)38-16-15-31(38)41/h4-14,19,23,30,33,40,44H,15-18,20-22H2,1-3H3/t23-,30+,33-,35+/m0/s1. The molecule has 6 rings (SSSR count). The third-order valence-corrected chi connectivity index (χ3v) is 12.4. The van der Waals surface area contributed by atoms with E-state index in [4.69, 9.17) is 16.3 Å². The molecule has 3 aromatic carbocycles. The fraction of sp³-hybridized carbons (Fsp3) is 0.400. The van der Waals surface area contributed by atoms with Crippen LogP contribution in [0.15, 0.2) is 72.8 Å². The third-order valence-electron chi connectivity index (χ3n) is 9.70.